The second-order valence-electron chi connectivity index (χ2n) is 3.89. The third-order valence-electron chi connectivity index (χ3n) is 2.74. The maximum absolute atomic E-state index is 5.90. The molecule has 2 heterocycles. The van der Waals surface area contributed by atoms with Crippen LogP contribution in [0, 0.1) is 6.92 Å². The Hall–Kier alpha value is -1.35. The van der Waals surface area contributed by atoms with Crippen LogP contribution < -0.4 is 5.73 Å². The molecule has 0 aromatic carbocycles. The quantitative estimate of drug-likeness (QED) is 0.882. The van der Waals surface area contributed by atoms with E-state index in [0.717, 1.165) is 18.4 Å². The monoisotopic (exact) mass is 232 g/mol. The molecule has 2 aromatic rings. The van der Waals surface area contributed by atoms with Crippen molar-refractivity contribution in [3.8, 4) is 0 Å². The summed E-state index contributed by atoms with van der Waals surface area (Å²) < 4.78 is 0. The topological polar surface area (TPSA) is 38.9 Å². The fourth-order valence-corrected chi connectivity index (χ4v) is 2.69. The summed E-state index contributed by atoms with van der Waals surface area (Å²) >= 11 is 1.86. The number of nitrogens with two attached hydrogens (primary N) is 1. The lowest BCUT2D eigenvalue weighted by Gasteiger charge is -2.06. The Morgan fingerprint density at radius 3 is 2.62 bits per heavy atom. The van der Waals surface area contributed by atoms with Crippen LogP contribution in [0.15, 0.2) is 24.4 Å². The van der Waals surface area contributed by atoms with Crippen molar-refractivity contribution in [3.05, 3.63) is 45.3 Å². The number of aromatic nitrogens is 1. The molecule has 0 unspecified atom stereocenters. The fraction of sp³-hybridized carbons (Fsp3) is 0.308. The largest absolute Gasteiger partial charge is 0.383 e. The standard InChI is InChI=1S/C13H16N2S/c1-3-10-4-5-11(16-10)8-12-9(2)6-7-15-13(12)14/h4-7H,3,8H2,1-2H3,(H2,14,15). The van der Waals surface area contributed by atoms with E-state index >= 15 is 0 Å². The molecule has 3 heteroatoms. The number of pyridine rings is 1. The molecule has 2 nitrogen and oxygen atoms in total. The van der Waals surface area contributed by atoms with Gasteiger partial charge in [-0.3, -0.25) is 0 Å². The van der Waals surface area contributed by atoms with Crippen LogP contribution in [0.5, 0.6) is 0 Å². The van der Waals surface area contributed by atoms with Gasteiger partial charge < -0.3 is 5.73 Å². The number of thiophene rings is 1. The molecule has 2 rings (SSSR count). The Kier molecular flexibility index (Phi) is 3.25. The van der Waals surface area contributed by atoms with E-state index in [9.17, 15) is 0 Å². The van der Waals surface area contributed by atoms with Gasteiger partial charge in [0.25, 0.3) is 0 Å². The number of hydrogen-bond donors (Lipinski definition) is 1. The Balaban J connectivity index is 2.26. The smallest absolute Gasteiger partial charge is 0.127 e. The third kappa shape index (κ3) is 2.25. The summed E-state index contributed by atoms with van der Waals surface area (Å²) in [7, 11) is 0. The first kappa shape index (κ1) is 11.1. The molecule has 2 N–H and O–H groups in total. The SMILES string of the molecule is CCc1ccc(Cc2c(C)ccnc2N)s1. The zero-order valence-corrected chi connectivity index (χ0v) is 10.5. The van der Waals surface area contributed by atoms with Crippen LogP contribution in [0.4, 0.5) is 5.82 Å². The van der Waals surface area contributed by atoms with Crippen molar-refractivity contribution >= 4 is 17.2 Å². The van der Waals surface area contributed by atoms with E-state index in [4.69, 9.17) is 5.73 Å². The van der Waals surface area contributed by atoms with Gasteiger partial charge in [0.05, 0.1) is 0 Å². The van der Waals surface area contributed by atoms with Crippen molar-refractivity contribution in [3.63, 3.8) is 0 Å². The van der Waals surface area contributed by atoms with Gasteiger partial charge in [0.1, 0.15) is 5.82 Å². The minimum absolute atomic E-state index is 0.659. The third-order valence-corrected chi connectivity index (χ3v) is 3.97. The first-order valence-corrected chi connectivity index (χ1v) is 6.30. The van der Waals surface area contributed by atoms with Crippen LogP contribution in [0.2, 0.25) is 0 Å². The number of nitrogens with zero attached hydrogens (tertiary/aromatic N) is 1. The first-order chi connectivity index (χ1) is 7.70. The van der Waals surface area contributed by atoms with E-state index in [1.807, 2.05) is 17.4 Å². The lowest BCUT2D eigenvalue weighted by Crippen LogP contribution is -2.00. The van der Waals surface area contributed by atoms with Crippen molar-refractivity contribution in [1.82, 2.24) is 4.98 Å². The van der Waals surface area contributed by atoms with Gasteiger partial charge >= 0.3 is 0 Å². The van der Waals surface area contributed by atoms with Crippen LogP contribution in [0.1, 0.15) is 27.8 Å². The molecule has 16 heavy (non-hydrogen) atoms. The molecule has 0 aliphatic heterocycles. The van der Waals surface area contributed by atoms with E-state index in [1.54, 1.807) is 6.20 Å². The van der Waals surface area contributed by atoms with Gasteiger partial charge in [-0.15, -0.1) is 11.3 Å². The first-order valence-electron chi connectivity index (χ1n) is 5.48. The van der Waals surface area contributed by atoms with Crippen LogP contribution in [-0.4, -0.2) is 4.98 Å². The number of aryl methyl sites for hydroxylation is 2. The van der Waals surface area contributed by atoms with Crippen molar-refractivity contribution in [2.45, 2.75) is 26.7 Å². The molecule has 0 saturated heterocycles. The molecule has 0 fully saturated rings. The van der Waals surface area contributed by atoms with Crippen molar-refractivity contribution in [2.75, 3.05) is 5.73 Å². The van der Waals surface area contributed by atoms with Crippen molar-refractivity contribution in [1.29, 1.82) is 0 Å². The van der Waals surface area contributed by atoms with Gasteiger partial charge in [-0.2, -0.15) is 0 Å². The van der Waals surface area contributed by atoms with Crippen molar-refractivity contribution < 1.29 is 0 Å². The summed E-state index contributed by atoms with van der Waals surface area (Å²) in [6, 6.07) is 6.40. The molecule has 0 aliphatic carbocycles. The predicted octanol–water partition coefficient (Wildman–Crippen LogP) is 3.19. The number of rotatable bonds is 3. The summed E-state index contributed by atoms with van der Waals surface area (Å²) in [5.41, 5.74) is 8.28. The molecular formula is C13H16N2S. The average molecular weight is 232 g/mol. The molecular weight excluding hydrogens is 216 g/mol. The van der Waals surface area contributed by atoms with Gasteiger partial charge in [-0.1, -0.05) is 6.92 Å². The number of nitrogen functional groups attached to an aromatic ring is 1. The second-order valence-corrected chi connectivity index (χ2v) is 5.14. The van der Waals surface area contributed by atoms with Gasteiger partial charge in [-0.25, -0.2) is 4.98 Å². The Morgan fingerprint density at radius 1 is 1.25 bits per heavy atom. The minimum atomic E-state index is 0.659. The van der Waals surface area contributed by atoms with Crippen LogP contribution in [0.3, 0.4) is 0 Å². The van der Waals surface area contributed by atoms with Crippen LogP contribution in [0.25, 0.3) is 0 Å². The highest BCUT2D eigenvalue weighted by atomic mass is 32.1. The maximum atomic E-state index is 5.90. The summed E-state index contributed by atoms with van der Waals surface area (Å²) in [6.45, 7) is 4.26. The molecule has 2 aromatic heterocycles. The summed E-state index contributed by atoms with van der Waals surface area (Å²) in [5.74, 6) is 0.659. The molecule has 0 bridgehead atoms. The second kappa shape index (κ2) is 4.66. The highest BCUT2D eigenvalue weighted by Crippen LogP contribution is 2.23. The molecule has 0 atom stereocenters. The average Bonchev–Trinajstić information content (AvgIpc) is 2.71. The lowest BCUT2D eigenvalue weighted by molar-refractivity contribution is 1.14. The zero-order valence-electron chi connectivity index (χ0n) is 9.66. The fourth-order valence-electron chi connectivity index (χ4n) is 1.72. The van der Waals surface area contributed by atoms with E-state index in [2.05, 4.69) is 31.0 Å². The predicted molar refractivity (Wildman–Crippen MR) is 69.9 cm³/mol. The van der Waals surface area contributed by atoms with Gasteiger partial charge in [0.2, 0.25) is 0 Å². The van der Waals surface area contributed by atoms with E-state index < -0.39 is 0 Å². The summed E-state index contributed by atoms with van der Waals surface area (Å²) in [4.78, 5) is 6.93. The van der Waals surface area contributed by atoms with Crippen LogP contribution >= 0.6 is 11.3 Å². The highest BCUT2D eigenvalue weighted by molar-refractivity contribution is 7.12. The maximum Gasteiger partial charge on any atom is 0.127 e. The molecule has 0 saturated carbocycles. The Morgan fingerprint density at radius 2 is 2.00 bits per heavy atom. The summed E-state index contributed by atoms with van der Waals surface area (Å²) in [5, 5.41) is 0. The minimum Gasteiger partial charge on any atom is -0.383 e. The molecule has 0 aliphatic rings. The highest BCUT2D eigenvalue weighted by Gasteiger charge is 2.07. The zero-order chi connectivity index (χ0) is 11.5. The Labute approximate surface area is 100 Å². The van der Waals surface area contributed by atoms with Crippen LogP contribution in [-0.2, 0) is 12.8 Å². The van der Waals surface area contributed by atoms with Gasteiger partial charge in [0, 0.05) is 27.9 Å². The lowest BCUT2D eigenvalue weighted by atomic mass is 10.1. The summed E-state index contributed by atoms with van der Waals surface area (Å²) in [6.07, 6.45) is 3.77. The van der Waals surface area contributed by atoms with Gasteiger partial charge in [-0.05, 0) is 37.1 Å². The molecule has 0 spiro atoms. The normalized spacial score (nSPS) is 10.6. The molecule has 0 amide bonds. The van der Waals surface area contributed by atoms with E-state index in [0.29, 0.717) is 5.82 Å². The van der Waals surface area contributed by atoms with E-state index in [1.165, 1.54) is 15.3 Å². The van der Waals surface area contributed by atoms with Crippen molar-refractivity contribution in [2.24, 2.45) is 0 Å². The number of hydrogen-bond acceptors (Lipinski definition) is 3. The molecule has 84 valence electrons. The number of anilines is 1. The van der Waals surface area contributed by atoms with Gasteiger partial charge in [0.15, 0.2) is 0 Å². The van der Waals surface area contributed by atoms with E-state index in [-0.39, 0.29) is 0 Å². The molecule has 0 radical (unpaired) electrons. The Bertz CT molecular complexity index is 468.